The van der Waals surface area contributed by atoms with Crippen molar-refractivity contribution >= 4 is 23.3 Å². The lowest BCUT2D eigenvalue weighted by Crippen LogP contribution is -2.49. The molecule has 3 aliphatic rings. The number of fused-ring (bicyclic) bond motifs is 2. The Morgan fingerprint density at radius 2 is 1.81 bits per heavy atom. The van der Waals surface area contributed by atoms with Gasteiger partial charge in [-0.05, 0) is 35.9 Å². The van der Waals surface area contributed by atoms with E-state index in [-0.39, 0.29) is 23.8 Å². The molecular weight excluding hydrogens is 390 g/mol. The minimum Gasteiger partial charge on any atom is -0.497 e. The van der Waals surface area contributed by atoms with Gasteiger partial charge in [0.05, 0.1) is 24.8 Å². The fourth-order valence-electron chi connectivity index (χ4n) is 4.37. The van der Waals surface area contributed by atoms with Crippen LogP contribution >= 0.6 is 0 Å². The van der Waals surface area contributed by atoms with Crippen LogP contribution in [-0.4, -0.2) is 42.2 Å². The molecule has 2 unspecified atom stereocenters. The lowest BCUT2D eigenvalue weighted by molar-refractivity contribution is -0.120. The second-order valence-electron chi connectivity index (χ2n) is 7.84. The number of amides is 2. The number of hydrogen-bond donors (Lipinski definition) is 0. The second-order valence-corrected chi connectivity index (χ2v) is 7.84. The predicted molar refractivity (Wildman–Crippen MR) is 119 cm³/mol. The predicted octanol–water partition coefficient (Wildman–Crippen LogP) is 3.60. The third-order valence-corrected chi connectivity index (χ3v) is 6.00. The minimum absolute atomic E-state index is 0.00296. The van der Waals surface area contributed by atoms with Crippen molar-refractivity contribution in [2.24, 2.45) is 10.9 Å². The van der Waals surface area contributed by atoms with Gasteiger partial charge in [-0.15, -0.1) is 0 Å². The van der Waals surface area contributed by atoms with Crippen molar-refractivity contribution in [3.05, 3.63) is 84.0 Å². The summed E-state index contributed by atoms with van der Waals surface area (Å²) in [7, 11) is 1.61. The minimum atomic E-state index is -0.312. The van der Waals surface area contributed by atoms with Crippen LogP contribution in [0.1, 0.15) is 22.3 Å². The van der Waals surface area contributed by atoms with E-state index in [1.807, 2.05) is 77.7 Å². The maximum atomic E-state index is 13.4. The molecule has 0 N–H and O–H groups in total. The summed E-state index contributed by atoms with van der Waals surface area (Å²) < 4.78 is 5.26. The van der Waals surface area contributed by atoms with Crippen LogP contribution in [0.2, 0.25) is 0 Å². The van der Waals surface area contributed by atoms with Gasteiger partial charge in [-0.25, -0.2) is 0 Å². The van der Waals surface area contributed by atoms with Crippen LogP contribution in [0.25, 0.3) is 0 Å². The summed E-state index contributed by atoms with van der Waals surface area (Å²) in [5, 5.41) is 0. The fourth-order valence-corrected chi connectivity index (χ4v) is 4.37. The number of methoxy groups -OCH3 is 1. The van der Waals surface area contributed by atoms with Crippen LogP contribution in [0.15, 0.2) is 77.8 Å². The van der Waals surface area contributed by atoms with Crippen molar-refractivity contribution in [2.45, 2.75) is 19.0 Å². The van der Waals surface area contributed by atoms with Gasteiger partial charge in [0.1, 0.15) is 11.6 Å². The van der Waals surface area contributed by atoms with Crippen LogP contribution in [0.4, 0.5) is 5.69 Å². The number of allylic oxidation sites excluding steroid dienone is 2. The Bertz CT molecular complexity index is 1120. The lowest BCUT2D eigenvalue weighted by atomic mass is 9.91. The summed E-state index contributed by atoms with van der Waals surface area (Å²) in [5.74, 6) is 1.13. The first-order chi connectivity index (χ1) is 15.2. The topological polar surface area (TPSA) is 62.2 Å². The molecule has 1 aliphatic carbocycles. The molecule has 156 valence electrons. The third kappa shape index (κ3) is 3.44. The third-order valence-electron chi connectivity index (χ3n) is 6.00. The Balaban J connectivity index is 1.42. The normalized spacial score (nSPS) is 21.8. The molecule has 0 saturated heterocycles. The van der Waals surface area contributed by atoms with Gasteiger partial charge in [0, 0.05) is 25.1 Å². The van der Waals surface area contributed by atoms with Crippen molar-refractivity contribution in [3.8, 4) is 5.75 Å². The zero-order chi connectivity index (χ0) is 21.4. The molecule has 2 heterocycles. The van der Waals surface area contributed by atoms with Crippen LogP contribution in [0.5, 0.6) is 5.75 Å². The van der Waals surface area contributed by atoms with Gasteiger partial charge in [-0.1, -0.05) is 42.5 Å². The highest BCUT2D eigenvalue weighted by Crippen LogP contribution is 2.31. The van der Waals surface area contributed by atoms with Gasteiger partial charge in [-0.3, -0.25) is 19.5 Å². The highest BCUT2D eigenvalue weighted by Gasteiger charge is 2.38. The number of hydrogen-bond acceptors (Lipinski definition) is 4. The van der Waals surface area contributed by atoms with Crippen molar-refractivity contribution in [1.29, 1.82) is 0 Å². The Kier molecular flexibility index (Phi) is 4.90. The fraction of sp³-hybridized carbons (Fsp3) is 0.240. The molecule has 0 radical (unpaired) electrons. The molecule has 2 aromatic carbocycles. The second kappa shape index (κ2) is 7.87. The number of aliphatic imine (C=N–C) groups is 1. The van der Waals surface area contributed by atoms with Gasteiger partial charge in [0.2, 0.25) is 5.91 Å². The molecule has 6 heteroatoms. The number of rotatable bonds is 5. The number of ether oxygens (including phenoxy) is 1. The summed E-state index contributed by atoms with van der Waals surface area (Å²) >= 11 is 0. The molecule has 0 bridgehead atoms. The zero-order valence-corrected chi connectivity index (χ0v) is 17.3. The maximum Gasteiger partial charge on any atom is 0.254 e. The number of carbonyl (C=O) groups is 2. The van der Waals surface area contributed by atoms with E-state index in [1.54, 1.807) is 12.0 Å². The summed E-state index contributed by atoms with van der Waals surface area (Å²) in [4.78, 5) is 34.6. The van der Waals surface area contributed by atoms with E-state index in [2.05, 4.69) is 0 Å². The zero-order valence-electron chi connectivity index (χ0n) is 17.3. The maximum absolute atomic E-state index is 13.4. The van der Waals surface area contributed by atoms with Crippen LogP contribution in [0.3, 0.4) is 0 Å². The molecule has 0 spiro atoms. The highest BCUT2D eigenvalue weighted by atomic mass is 16.5. The Labute approximate surface area is 181 Å². The molecule has 2 aliphatic heterocycles. The standard InChI is InChI=1S/C25H23N3O3/c1-31-19-12-10-18(11-13-19)28-23(26-22-9-5-4-8-21(22)25(28)30)14-15-27-16-17-6-2-3-7-20(17)24(27)29/h2-13,21-22H,14-16H2,1H3. The number of carbonyl (C=O) groups excluding carboxylic acids is 2. The smallest absolute Gasteiger partial charge is 0.254 e. The van der Waals surface area contributed by atoms with Gasteiger partial charge >= 0.3 is 0 Å². The van der Waals surface area contributed by atoms with E-state index in [1.165, 1.54) is 0 Å². The number of benzene rings is 2. The molecule has 0 aromatic heterocycles. The molecule has 6 nitrogen and oxygen atoms in total. The van der Waals surface area contributed by atoms with Gasteiger partial charge < -0.3 is 9.64 Å². The average Bonchev–Trinajstić information content (AvgIpc) is 3.13. The number of amidine groups is 1. The molecule has 5 rings (SSSR count). The summed E-state index contributed by atoms with van der Waals surface area (Å²) in [6.45, 7) is 1.09. The Morgan fingerprint density at radius 3 is 2.58 bits per heavy atom. The largest absolute Gasteiger partial charge is 0.497 e. The molecule has 2 atom stereocenters. The summed E-state index contributed by atoms with van der Waals surface area (Å²) in [6.07, 6.45) is 8.19. The summed E-state index contributed by atoms with van der Waals surface area (Å²) in [5.41, 5.74) is 2.56. The molecule has 2 amide bonds. The molecule has 2 aromatic rings. The SMILES string of the molecule is COc1ccc(N2C(=O)C3C=CC=CC3N=C2CCN2Cc3ccccc3C2=O)cc1. The van der Waals surface area contributed by atoms with E-state index in [4.69, 9.17) is 9.73 Å². The molecule has 0 saturated carbocycles. The molecule has 31 heavy (non-hydrogen) atoms. The lowest BCUT2D eigenvalue weighted by Gasteiger charge is -2.35. The van der Waals surface area contributed by atoms with Crippen molar-refractivity contribution in [1.82, 2.24) is 4.90 Å². The van der Waals surface area contributed by atoms with E-state index in [0.717, 1.165) is 22.6 Å². The van der Waals surface area contributed by atoms with Crippen LogP contribution < -0.4 is 9.64 Å². The first kappa shape index (κ1) is 19.3. The first-order valence-electron chi connectivity index (χ1n) is 10.4. The summed E-state index contributed by atoms with van der Waals surface area (Å²) in [6, 6.07) is 14.9. The van der Waals surface area contributed by atoms with Crippen molar-refractivity contribution < 1.29 is 14.3 Å². The number of nitrogens with zero attached hydrogens (tertiary/aromatic N) is 3. The highest BCUT2D eigenvalue weighted by molar-refractivity contribution is 6.20. The van der Waals surface area contributed by atoms with Gasteiger partial charge in [0.15, 0.2) is 0 Å². The quantitative estimate of drug-likeness (QED) is 0.753. The number of anilines is 1. The molecule has 0 fully saturated rings. The van der Waals surface area contributed by atoms with E-state index in [9.17, 15) is 9.59 Å². The Hall–Kier alpha value is -3.67. The van der Waals surface area contributed by atoms with Gasteiger partial charge in [-0.2, -0.15) is 0 Å². The van der Waals surface area contributed by atoms with Gasteiger partial charge in [0.25, 0.3) is 5.91 Å². The van der Waals surface area contributed by atoms with Crippen molar-refractivity contribution in [2.75, 3.05) is 18.6 Å². The molecular formula is C25H23N3O3. The van der Waals surface area contributed by atoms with Crippen LogP contribution in [0, 0.1) is 5.92 Å². The van der Waals surface area contributed by atoms with E-state index >= 15 is 0 Å². The van der Waals surface area contributed by atoms with E-state index in [0.29, 0.717) is 25.3 Å². The van der Waals surface area contributed by atoms with Crippen LogP contribution in [-0.2, 0) is 11.3 Å². The monoisotopic (exact) mass is 413 g/mol. The Morgan fingerprint density at radius 1 is 1.03 bits per heavy atom. The van der Waals surface area contributed by atoms with E-state index < -0.39 is 0 Å². The first-order valence-corrected chi connectivity index (χ1v) is 10.4. The average molecular weight is 413 g/mol. The van der Waals surface area contributed by atoms with Crippen molar-refractivity contribution in [3.63, 3.8) is 0 Å².